The molecule has 0 aliphatic rings. The van der Waals surface area contributed by atoms with Gasteiger partial charge in [-0.25, -0.2) is 0 Å². The van der Waals surface area contributed by atoms with Gasteiger partial charge in [-0.3, -0.25) is 0 Å². The second kappa shape index (κ2) is 14.4. The van der Waals surface area contributed by atoms with Crippen molar-refractivity contribution in [1.29, 1.82) is 0 Å². The minimum absolute atomic E-state index is 0.604. The molecule has 0 radical (unpaired) electrons. The number of hydrogen-bond acceptors (Lipinski definition) is 2. The Morgan fingerprint density at radius 1 is 0.833 bits per heavy atom. The number of hydrogen-bond donors (Lipinski definition) is 0. The lowest BCUT2D eigenvalue weighted by Gasteiger charge is -2.27. The Morgan fingerprint density at radius 2 is 1.37 bits per heavy atom. The van der Waals surface area contributed by atoms with Crippen molar-refractivity contribution in [3.63, 3.8) is 0 Å². The van der Waals surface area contributed by atoms with Gasteiger partial charge in [0.05, 0.1) is 13.1 Å². The smallest absolute Gasteiger partial charge is 0.0843 e. The summed E-state index contributed by atoms with van der Waals surface area (Å²) in [6.45, 7) is 16.6. The first-order valence-corrected chi connectivity index (χ1v) is 10.0. The highest BCUT2D eigenvalue weighted by molar-refractivity contribution is 5.64. The molecular formula is C28H32N2. The first-order chi connectivity index (χ1) is 14.7. The summed E-state index contributed by atoms with van der Waals surface area (Å²) in [4.78, 5) is 4.36. The topological polar surface area (TPSA) is 6.48 Å². The summed E-state index contributed by atoms with van der Waals surface area (Å²) in [6, 6.07) is 8.46. The summed E-state index contributed by atoms with van der Waals surface area (Å²) in [5.41, 5.74) is 4.25. The Bertz CT molecular complexity index is 932. The predicted molar refractivity (Wildman–Crippen MR) is 134 cm³/mol. The molecule has 0 aliphatic heterocycles. The lowest BCUT2D eigenvalue weighted by Crippen LogP contribution is -2.23. The van der Waals surface area contributed by atoms with Gasteiger partial charge in [-0.1, -0.05) is 55.4 Å². The summed E-state index contributed by atoms with van der Waals surface area (Å²) >= 11 is 0. The van der Waals surface area contributed by atoms with Crippen LogP contribution in [0.4, 0.5) is 11.4 Å². The highest BCUT2D eigenvalue weighted by Crippen LogP contribution is 2.26. The molecule has 0 atom stereocenters. The second-order valence-corrected chi connectivity index (χ2v) is 6.18. The number of rotatable bonds is 10. The van der Waals surface area contributed by atoms with Crippen LogP contribution < -0.4 is 9.80 Å². The molecule has 0 spiro atoms. The van der Waals surface area contributed by atoms with E-state index in [1.165, 1.54) is 0 Å². The minimum atomic E-state index is 0.604. The standard InChI is InChI=1S/C28H32N2/c1-7-13-18-25(12-6)29(23-14-8-2)27-19-21-28(22-20-27)30(24-15-9-3)26(16-10-4)17-11-5/h7,10-13,16-22H,1,4,23-24H2,2-3,5-6H3/b17-11-,18-13-,25-12+,26-16+. The van der Waals surface area contributed by atoms with Crippen molar-refractivity contribution in [2.75, 3.05) is 22.9 Å². The van der Waals surface area contributed by atoms with Gasteiger partial charge < -0.3 is 9.80 Å². The molecule has 0 amide bonds. The first kappa shape index (κ1) is 24.4. The molecule has 0 fully saturated rings. The highest BCUT2D eigenvalue weighted by atomic mass is 15.1. The number of allylic oxidation sites excluding steroid dienone is 8. The van der Waals surface area contributed by atoms with Gasteiger partial charge in [-0.2, -0.15) is 0 Å². The van der Waals surface area contributed by atoms with E-state index in [4.69, 9.17) is 0 Å². The van der Waals surface area contributed by atoms with Crippen LogP contribution in [0, 0.1) is 23.7 Å². The molecule has 0 heterocycles. The Kier molecular flexibility index (Phi) is 11.7. The summed E-state index contributed by atoms with van der Waals surface area (Å²) in [7, 11) is 0. The molecule has 30 heavy (non-hydrogen) atoms. The zero-order chi connectivity index (χ0) is 22.2. The maximum Gasteiger partial charge on any atom is 0.0843 e. The SMILES string of the molecule is C=C/C=C\C(=C/C)N(CC#CC)c1ccc(N(CC#CC)C(/C=C\C)=C/C=C)cc1. The van der Waals surface area contributed by atoms with Gasteiger partial charge >= 0.3 is 0 Å². The average Bonchev–Trinajstić information content (AvgIpc) is 2.77. The van der Waals surface area contributed by atoms with Gasteiger partial charge in [0.2, 0.25) is 0 Å². The maximum atomic E-state index is 3.85. The number of benzene rings is 1. The number of nitrogens with zero attached hydrogens (tertiary/aromatic N) is 2. The summed E-state index contributed by atoms with van der Waals surface area (Å²) in [5, 5.41) is 0. The normalized spacial score (nSPS) is 11.5. The van der Waals surface area contributed by atoms with Gasteiger partial charge in [0.25, 0.3) is 0 Å². The zero-order valence-corrected chi connectivity index (χ0v) is 18.7. The molecule has 0 N–H and O–H groups in total. The van der Waals surface area contributed by atoms with Crippen LogP contribution >= 0.6 is 0 Å². The van der Waals surface area contributed by atoms with Crippen LogP contribution in [0.25, 0.3) is 0 Å². The third-order valence-electron chi connectivity index (χ3n) is 4.25. The molecule has 0 aliphatic carbocycles. The molecule has 154 valence electrons. The lowest BCUT2D eigenvalue weighted by atomic mass is 10.2. The van der Waals surface area contributed by atoms with E-state index in [2.05, 4.69) is 83.1 Å². The van der Waals surface area contributed by atoms with Gasteiger partial charge in [0.15, 0.2) is 0 Å². The maximum absolute atomic E-state index is 3.85. The third-order valence-corrected chi connectivity index (χ3v) is 4.25. The first-order valence-electron chi connectivity index (χ1n) is 10.0. The zero-order valence-electron chi connectivity index (χ0n) is 18.7. The van der Waals surface area contributed by atoms with Crippen LogP contribution in [-0.2, 0) is 0 Å². The van der Waals surface area contributed by atoms with Crippen LogP contribution in [0.1, 0.15) is 27.7 Å². The molecular weight excluding hydrogens is 364 g/mol. The van der Waals surface area contributed by atoms with Crippen molar-refractivity contribution < 1.29 is 0 Å². The summed E-state index contributed by atoms with van der Waals surface area (Å²) in [6.07, 6.45) is 15.7. The van der Waals surface area contributed by atoms with E-state index in [0.717, 1.165) is 22.8 Å². The fourth-order valence-corrected chi connectivity index (χ4v) is 2.83. The Labute approximate surface area is 183 Å². The van der Waals surface area contributed by atoms with E-state index >= 15 is 0 Å². The fraction of sp³-hybridized carbons (Fsp3) is 0.214. The van der Waals surface area contributed by atoms with E-state index in [1.807, 2.05) is 52.0 Å². The van der Waals surface area contributed by atoms with Gasteiger partial charge in [-0.15, -0.1) is 11.8 Å². The van der Waals surface area contributed by atoms with E-state index in [9.17, 15) is 0 Å². The second-order valence-electron chi connectivity index (χ2n) is 6.18. The van der Waals surface area contributed by atoms with Crippen molar-refractivity contribution in [2.45, 2.75) is 27.7 Å². The molecule has 0 bridgehead atoms. The molecule has 0 unspecified atom stereocenters. The lowest BCUT2D eigenvalue weighted by molar-refractivity contribution is 1.04. The molecule has 2 heteroatoms. The summed E-state index contributed by atoms with van der Waals surface area (Å²) < 4.78 is 0. The van der Waals surface area contributed by atoms with Crippen LogP contribution in [0.3, 0.4) is 0 Å². The molecule has 0 saturated carbocycles. The van der Waals surface area contributed by atoms with E-state index in [-0.39, 0.29) is 0 Å². The van der Waals surface area contributed by atoms with Crippen molar-refractivity contribution in [3.05, 3.63) is 97.4 Å². The van der Waals surface area contributed by atoms with Crippen molar-refractivity contribution in [1.82, 2.24) is 0 Å². The fourth-order valence-electron chi connectivity index (χ4n) is 2.83. The largest absolute Gasteiger partial charge is 0.330 e. The third kappa shape index (κ3) is 7.42. The van der Waals surface area contributed by atoms with Crippen LogP contribution in [0.5, 0.6) is 0 Å². The molecule has 1 rings (SSSR count). The Balaban J connectivity index is 3.38. The molecule has 0 saturated heterocycles. The van der Waals surface area contributed by atoms with Gasteiger partial charge in [-0.05, 0) is 70.2 Å². The molecule has 1 aromatic rings. The quantitative estimate of drug-likeness (QED) is 0.323. The van der Waals surface area contributed by atoms with E-state index in [1.54, 1.807) is 12.2 Å². The van der Waals surface area contributed by atoms with Crippen molar-refractivity contribution in [2.24, 2.45) is 0 Å². The minimum Gasteiger partial charge on any atom is -0.330 e. The predicted octanol–water partition coefficient (Wildman–Crippen LogP) is 6.64. The van der Waals surface area contributed by atoms with Crippen LogP contribution in [0.2, 0.25) is 0 Å². The molecule has 2 nitrogen and oxygen atoms in total. The highest BCUT2D eigenvalue weighted by Gasteiger charge is 2.12. The average molecular weight is 397 g/mol. The van der Waals surface area contributed by atoms with E-state index in [0.29, 0.717) is 13.1 Å². The van der Waals surface area contributed by atoms with Crippen LogP contribution in [-0.4, -0.2) is 13.1 Å². The molecule has 1 aromatic carbocycles. The number of anilines is 2. The van der Waals surface area contributed by atoms with Crippen LogP contribution in [0.15, 0.2) is 97.4 Å². The van der Waals surface area contributed by atoms with Crippen molar-refractivity contribution in [3.8, 4) is 23.7 Å². The Morgan fingerprint density at radius 3 is 1.77 bits per heavy atom. The van der Waals surface area contributed by atoms with Gasteiger partial charge in [0, 0.05) is 22.8 Å². The summed E-state index contributed by atoms with van der Waals surface area (Å²) in [5.74, 6) is 12.3. The Hall–Kier alpha value is -3.62. The molecule has 0 aromatic heterocycles. The van der Waals surface area contributed by atoms with Crippen molar-refractivity contribution >= 4 is 11.4 Å². The van der Waals surface area contributed by atoms with Gasteiger partial charge in [0.1, 0.15) is 0 Å². The van der Waals surface area contributed by atoms with E-state index < -0.39 is 0 Å². The monoisotopic (exact) mass is 396 g/mol.